The Kier molecular flexibility index (Phi) is 4.31. The number of hydrogen-bond donors (Lipinski definition) is 2. The maximum atomic E-state index is 11.4. The topological polar surface area (TPSA) is 98.0 Å². The Bertz CT molecular complexity index is 742. The van der Waals surface area contributed by atoms with Gasteiger partial charge in [0.05, 0.1) is 5.69 Å². The van der Waals surface area contributed by atoms with E-state index in [1.165, 1.54) is 12.4 Å². The van der Waals surface area contributed by atoms with E-state index in [1.54, 1.807) is 12.1 Å². The number of rotatable bonds is 3. The average molecular weight is 422 g/mol. The van der Waals surface area contributed by atoms with Gasteiger partial charge in [0, 0.05) is 27.0 Å². The molecular formula is C11H10Br2N4O2S. The van der Waals surface area contributed by atoms with Crippen LogP contribution in [-0.2, 0) is 9.84 Å². The number of anilines is 3. The monoisotopic (exact) mass is 420 g/mol. The number of hydrogen-bond acceptors (Lipinski definition) is 6. The van der Waals surface area contributed by atoms with Crippen LogP contribution < -0.4 is 11.1 Å². The van der Waals surface area contributed by atoms with Crippen LogP contribution in [0.3, 0.4) is 0 Å². The Hall–Kier alpha value is -1.19. The Morgan fingerprint density at radius 3 is 2.30 bits per heavy atom. The van der Waals surface area contributed by atoms with E-state index in [0.29, 0.717) is 26.1 Å². The molecule has 0 saturated heterocycles. The van der Waals surface area contributed by atoms with Crippen LogP contribution in [0.4, 0.5) is 17.2 Å². The molecule has 0 aliphatic carbocycles. The Labute approximate surface area is 133 Å². The summed E-state index contributed by atoms with van der Waals surface area (Å²) in [5, 5.41) is 2.96. The summed E-state index contributed by atoms with van der Waals surface area (Å²) in [4.78, 5) is 7.71. The van der Waals surface area contributed by atoms with E-state index in [9.17, 15) is 8.42 Å². The van der Waals surface area contributed by atoms with Crippen molar-refractivity contribution in [1.29, 1.82) is 0 Å². The normalized spacial score (nSPS) is 11.3. The van der Waals surface area contributed by atoms with Crippen molar-refractivity contribution in [2.75, 3.05) is 17.3 Å². The zero-order valence-corrected chi connectivity index (χ0v) is 14.3. The third-order valence-electron chi connectivity index (χ3n) is 2.37. The largest absolute Gasteiger partial charge is 0.397 e. The summed E-state index contributed by atoms with van der Waals surface area (Å²) in [5.74, 6) is 0.379. The van der Waals surface area contributed by atoms with Gasteiger partial charge in [0.1, 0.15) is 12.1 Å². The average Bonchev–Trinajstić information content (AvgIpc) is 2.35. The molecule has 0 aliphatic heterocycles. The number of aromatic nitrogens is 2. The van der Waals surface area contributed by atoms with Crippen molar-refractivity contribution >= 4 is 58.9 Å². The first-order valence-electron chi connectivity index (χ1n) is 5.31. The second kappa shape index (κ2) is 5.66. The highest BCUT2D eigenvalue weighted by Gasteiger charge is 2.11. The van der Waals surface area contributed by atoms with Crippen molar-refractivity contribution in [2.45, 2.75) is 5.03 Å². The summed E-state index contributed by atoms with van der Waals surface area (Å²) in [5.41, 5.74) is 7.08. The van der Waals surface area contributed by atoms with Crippen molar-refractivity contribution in [3.05, 3.63) is 33.5 Å². The quantitative estimate of drug-likeness (QED) is 0.584. The molecule has 2 rings (SSSR count). The molecule has 0 unspecified atom stereocenters. The number of sulfone groups is 1. The molecule has 1 aromatic heterocycles. The number of benzene rings is 1. The van der Waals surface area contributed by atoms with Crippen LogP contribution in [0.1, 0.15) is 0 Å². The van der Waals surface area contributed by atoms with Crippen molar-refractivity contribution in [3.8, 4) is 0 Å². The van der Waals surface area contributed by atoms with Gasteiger partial charge in [0.25, 0.3) is 0 Å². The molecule has 3 N–H and O–H groups in total. The fraction of sp³-hybridized carbons (Fsp3) is 0.0909. The smallest absolute Gasteiger partial charge is 0.192 e. The fourth-order valence-corrected chi connectivity index (χ4v) is 3.17. The highest BCUT2D eigenvalue weighted by atomic mass is 79.9. The zero-order valence-electron chi connectivity index (χ0n) is 10.3. The van der Waals surface area contributed by atoms with Gasteiger partial charge in [-0.2, -0.15) is 0 Å². The van der Waals surface area contributed by atoms with Gasteiger partial charge in [-0.25, -0.2) is 18.4 Å². The van der Waals surface area contributed by atoms with Crippen LogP contribution in [0.15, 0.2) is 38.5 Å². The minimum absolute atomic E-state index is 0.0384. The molecule has 0 bridgehead atoms. The molecule has 9 heteroatoms. The summed E-state index contributed by atoms with van der Waals surface area (Å²) < 4.78 is 24.3. The molecular weight excluding hydrogens is 412 g/mol. The lowest BCUT2D eigenvalue weighted by atomic mass is 10.3. The Morgan fingerprint density at radius 1 is 1.15 bits per heavy atom. The summed E-state index contributed by atoms with van der Waals surface area (Å²) in [6, 6.07) is 4.90. The molecule has 0 spiro atoms. The van der Waals surface area contributed by atoms with E-state index in [-0.39, 0.29) is 5.03 Å². The van der Waals surface area contributed by atoms with Gasteiger partial charge in [0.15, 0.2) is 14.9 Å². The van der Waals surface area contributed by atoms with Gasteiger partial charge in [0.2, 0.25) is 0 Å². The van der Waals surface area contributed by atoms with Crippen LogP contribution in [0.25, 0.3) is 0 Å². The van der Waals surface area contributed by atoms with E-state index >= 15 is 0 Å². The first-order chi connectivity index (χ1) is 9.27. The summed E-state index contributed by atoms with van der Waals surface area (Å²) in [6.45, 7) is 0. The molecule has 0 saturated carbocycles. The van der Waals surface area contributed by atoms with Gasteiger partial charge < -0.3 is 11.1 Å². The second-order valence-corrected chi connectivity index (χ2v) is 7.66. The van der Waals surface area contributed by atoms with E-state index in [1.807, 2.05) is 0 Å². The van der Waals surface area contributed by atoms with Gasteiger partial charge in [-0.05, 0) is 44.0 Å². The number of nitrogens with one attached hydrogen (secondary N) is 1. The van der Waals surface area contributed by atoms with Crippen LogP contribution in [0.2, 0.25) is 0 Å². The summed E-state index contributed by atoms with van der Waals surface area (Å²) >= 11 is 6.67. The third-order valence-corrected chi connectivity index (χ3v) is 4.67. The maximum Gasteiger partial charge on any atom is 0.192 e. The maximum absolute atomic E-state index is 11.4. The molecule has 106 valence electrons. The van der Waals surface area contributed by atoms with E-state index < -0.39 is 9.84 Å². The van der Waals surface area contributed by atoms with Crippen LogP contribution in [-0.4, -0.2) is 24.6 Å². The first-order valence-corrected chi connectivity index (χ1v) is 8.79. The highest BCUT2D eigenvalue weighted by molar-refractivity contribution is 9.11. The lowest BCUT2D eigenvalue weighted by Crippen LogP contribution is -2.03. The van der Waals surface area contributed by atoms with Crippen LogP contribution >= 0.6 is 31.9 Å². The lowest BCUT2D eigenvalue weighted by Gasteiger charge is -2.09. The molecule has 1 aromatic carbocycles. The number of nitrogen functional groups attached to an aromatic ring is 1. The number of nitrogens with zero attached hydrogens (tertiary/aromatic N) is 2. The Balaban J connectivity index is 2.36. The number of nitrogens with two attached hydrogens (primary N) is 1. The molecule has 0 radical (unpaired) electrons. The number of halogens is 2. The van der Waals surface area contributed by atoms with Gasteiger partial charge in [-0.3, -0.25) is 0 Å². The highest BCUT2D eigenvalue weighted by Crippen LogP contribution is 2.32. The molecule has 0 fully saturated rings. The summed E-state index contributed by atoms with van der Waals surface area (Å²) in [7, 11) is -3.37. The predicted octanol–water partition coefficient (Wildman–Crippen LogP) is 2.73. The second-order valence-electron chi connectivity index (χ2n) is 3.99. The fourth-order valence-electron chi connectivity index (χ4n) is 1.41. The molecule has 0 amide bonds. The predicted molar refractivity (Wildman–Crippen MR) is 84.7 cm³/mol. The standard InChI is InChI=1S/C11H10Br2N4O2S/c1-20(18,19)10-4-9(15-5-16-10)17-6-2-7(12)11(14)8(13)3-6/h2-5H,14H2,1H3,(H,15,16,17). The minimum Gasteiger partial charge on any atom is -0.397 e. The van der Waals surface area contributed by atoms with Crippen LogP contribution in [0, 0.1) is 0 Å². The van der Waals surface area contributed by atoms with Crippen molar-refractivity contribution in [3.63, 3.8) is 0 Å². The van der Waals surface area contributed by atoms with E-state index in [4.69, 9.17) is 5.73 Å². The van der Waals surface area contributed by atoms with E-state index in [0.717, 1.165) is 6.26 Å². The van der Waals surface area contributed by atoms with Gasteiger partial charge in [-0.15, -0.1) is 0 Å². The third kappa shape index (κ3) is 3.47. The van der Waals surface area contributed by atoms with Crippen molar-refractivity contribution in [2.24, 2.45) is 0 Å². The molecule has 2 aromatic rings. The van der Waals surface area contributed by atoms with Gasteiger partial charge in [-0.1, -0.05) is 0 Å². The zero-order chi connectivity index (χ0) is 14.9. The van der Waals surface area contributed by atoms with Crippen molar-refractivity contribution < 1.29 is 8.42 Å². The Morgan fingerprint density at radius 2 is 1.75 bits per heavy atom. The molecule has 0 aliphatic rings. The molecule has 6 nitrogen and oxygen atoms in total. The molecule has 20 heavy (non-hydrogen) atoms. The summed E-state index contributed by atoms with van der Waals surface area (Å²) in [6.07, 6.45) is 2.29. The molecule has 1 heterocycles. The lowest BCUT2D eigenvalue weighted by molar-refractivity contribution is 0.598. The van der Waals surface area contributed by atoms with Gasteiger partial charge >= 0.3 is 0 Å². The first kappa shape index (κ1) is 15.2. The SMILES string of the molecule is CS(=O)(=O)c1cc(Nc2cc(Br)c(N)c(Br)c2)ncn1. The van der Waals surface area contributed by atoms with Crippen molar-refractivity contribution in [1.82, 2.24) is 9.97 Å². The van der Waals surface area contributed by atoms with Crippen LogP contribution in [0.5, 0.6) is 0 Å². The van der Waals surface area contributed by atoms with E-state index in [2.05, 4.69) is 47.1 Å². The molecule has 0 atom stereocenters. The minimum atomic E-state index is -3.37.